The molecule has 0 radical (unpaired) electrons. The molecule has 1 aliphatic heterocycles. The van der Waals surface area contributed by atoms with Gasteiger partial charge in [0.15, 0.2) is 0 Å². The average Bonchev–Trinajstić information content (AvgIpc) is 1.49. The number of benzene rings is 13. The van der Waals surface area contributed by atoms with Gasteiger partial charge in [-0.15, -0.1) is 0 Å². The highest BCUT2D eigenvalue weighted by molar-refractivity contribution is 14.1. The second-order valence-corrected chi connectivity index (χ2v) is 33.7. The topological polar surface area (TPSA) is 321 Å². The van der Waals surface area contributed by atoms with Crippen molar-refractivity contribution in [1.82, 2.24) is 0 Å². The summed E-state index contributed by atoms with van der Waals surface area (Å²) >= 11 is 22.4. The van der Waals surface area contributed by atoms with E-state index in [-0.39, 0.29) is 63.7 Å². The van der Waals surface area contributed by atoms with Gasteiger partial charge in [0.25, 0.3) is 40.7 Å². The summed E-state index contributed by atoms with van der Waals surface area (Å²) < 4.78 is 72.6. The first kappa shape index (κ1) is 94.9. The van der Waals surface area contributed by atoms with Crippen molar-refractivity contribution >= 4 is 240 Å². The summed E-state index contributed by atoms with van der Waals surface area (Å²) in [5.74, 6) is -5.07. The Kier molecular flexibility index (Phi) is 34.8. The van der Waals surface area contributed by atoms with Gasteiger partial charge in [-0.3, -0.25) is 49.5 Å². The van der Waals surface area contributed by atoms with E-state index in [1.165, 1.54) is 114 Å². The highest BCUT2D eigenvalue weighted by Crippen LogP contribution is 2.40. The van der Waals surface area contributed by atoms with Crippen molar-refractivity contribution in [3.8, 4) is 0 Å². The van der Waals surface area contributed by atoms with Crippen molar-refractivity contribution in [3.05, 3.63) is 416 Å². The molecule has 122 heavy (non-hydrogen) atoms. The molecule has 0 saturated carbocycles. The largest absolute Gasteiger partial charge is 0.477 e. The van der Waals surface area contributed by atoms with Gasteiger partial charge in [0, 0.05) is 68.3 Å². The minimum Gasteiger partial charge on any atom is -0.477 e. The molecule has 22 nitrogen and oxygen atoms in total. The first-order chi connectivity index (χ1) is 58.0. The first-order valence-corrected chi connectivity index (χ1v) is 42.5. The van der Waals surface area contributed by atoms with Crippen molar-refractivity contribution in [3.63, 3.8) is 0 Å². The zero-order valence-electron chi connectivity index (χ0n) is 62.8. The Hall–Kier alpha value is -11.0. The van der Waals surface area contributed by atoms with Crippen LogP contribution in [0.3, 0.4) is 0 Å². The molecule has 7 N–H and O–H groups in total. The predicted octanol–water partition coefficient (Wildman–Crippen LogP) is 25.2. The first-order valence-electron chi connectivity index (χ1n) is 35.3. The van der Waals surface area contributed by atoms with Crippen molar-refractivity contribution in [2.24, 2.45) is 0 Å². The number of nitrogen functional groups attached to an aromatic ring is 2. The number of carboxylic acids is 1. The van der Waals surface area contributed by atoms with Crippen LogP contribution in [-0.2, 0) is 19.6 Å². The minimum absolute atomic E-state index is 0.0737. The quantitative estimate of drug-likeness (QED) is 0.0197. The lowest BCUT2D eigenvalue weighted by atomic mass is 10.1. The number of hydrogen-bond donors (Lipinski definition) is 5. The maximum atomic E-state index is 13.9. The summed E-state index contributed by atoms with van der Waals surface area (Å²) in [5.41, 5.74) is 18.1. The van der Waals surface area contributed by atoms with Crippen LogP contribution in [0.5, 0.6) is 0 Å². The maximum Gasteiger partial charge on any atom is 0.342 e. The third-order valence-electron chi connectivity index (χ3n) is 17.2. The maximum absolute atomic E-state index is 13.9. The molecule has 13 aromatic carbocycles. The van der Waals surface area contributed by atoms with Gasteiger partial charge in [-0.2, -0.15) is 0 Å². The van der Waals surface area contributed by atoms with E-state index in [1.807, 2.05) is 148 Å². The third-order valence-corrected chi connectivity index (χ3v) is 22.5. The van der Waals surface area contributed by atoms with E-state index in [4.69, 9.17) is 16.6 Å². The molecule has 13 aromatic rings. The molecule has 14 rings (SSSR count). The highest BCUT2D eigenvalue weighted by atomic mass is 127. The fourth-order valence-corrected chi connectivity index (χ4v) is 14.8. The zero-order valence-corrected chi connectivity index (χ0v) is 77.2. The minimum atomic E-state index is -1.31. The SMILES string of the molecule is Cc1ccc(F)cc1NC(=O)c1cc(Br)ccc1[N+](=O)[O-].Nc1cc(F)ccc1I.Nc1ccc(Br)cc1C(=O)N(Cc1ccccc1)c1cc(F)ccc1I.O=C(O)c1cc(Br)ccc1[N+](=O)[O-].O=C(c1cc(Br)ccc1[N+](=O)[O-])N(Cc1ccccc1)c1cc(F)ccc1I.O=C1c2cc(Br)ccc2Nc2ccc(F)cc2N1Cc1ccccc1. The van der Waals surface area contributed by atoms with E-state index in [2.05, 4.69) is 113 Å². The average molecular weight is 2310 g/mol. The lowest BCUT2D eigenvalue weighted by molar-refractivity contribution is -0.385. The second-order valence-electron chi connectivity index (χ2n) is 25.7. The number of carbonyl (C=O) groups is 5. The van der Waals surface area contributed by atoms with Crippen molar-refractivity contribution < 1.29 is 65.8 Å². The van der Waals surface area contributed by atoms with Gasteiger partial charge in [0.05, 0.1) is 74.0 Å². The number of amides is 4. The van der Waals surface area contributed by atoms with Crippen LogP contribution in [0.15, 0.2) is 295 Å². The monoisotopic (exact) mass is 2310 g/mol. The van der Waals surface area contributed by atoms with Crippen LogP contribution in [0.25, 0.3) is 0 Å². The van der Waals surface area contributed by atoms with Gasteiger partial charge in [0.2, 0.25) is 0 Å². The van der Waals surface area contributed by atoms with Crippen LogP contribution in [0.4, 0.5) is 84.5 Å². The molecule has 1 heterocycles. The summed E-state index contributed by atoms with van der Waals surface area (Å²) in [7, 11) is 0. The summed E-state index contributed by atoms with van der Waals surface area (Å²) in [6, 6.07) is 72.3. The molecule has 4 amide bonds. The number of hydrogen-bond acceptors (Lipinski definition) is 14. The number of nitrogens with one attached hydrogen (secondary N) is 2. The number of aryl methyl sites for hydroxylation is 1. The Morgan fingerprint density at radius 2 is 0.828 bits per heavy atom. The predicted molar refractivity (Wildman–Crippen MR) is 503 cm³/mol. The summed E-state index contributed by atoms with van der Waals surface area (Å²) in [6.45, 7) is 2.52. The summed E-state index contributed by atoms with van der Waals surface area (Å²) in [5, 5.41) is 47.1. The fourth-order valence-electron chi connectivity index (χ4n) is 11.4. The van der Waals surface area contributed by atoms with Gasteiger partial charge in [-0.05, 0) is 255 Å². The number of rotatable bonds is 16. The van der Waals surface area contributed by atoms with Crippen LogP contribution in [0.2, 0.25) is 0 Å². The number of fused-ring (bicyclic) bond motifs is 2. The Bertz CT molecular complexity index is 6110. The van der Waals surface area contributed by atoms with Crippen molar-refractivity contribution in [2.45, 2.75) is 26.6 Å². The molecule has 0 unspecified atom stereocenters. The Balaban J connectivity index is 0.000000171. The molecular weight excluding hydrogens is 2250 g/mol. The Labute approximate surface area is 776 Å². The number of nitrogens with two attached hydrogens (primary N) is 2. The third kappa shape index (κ3) is 26.5. The molecule has 0 spiro atoms. The highest BCUT2D eigenvalue weighted by Gasteiger charge is 2.31. The molecule has 0 atom stereocenters. The van der Waals surface area contributed by atoms with Gasteiger partial charge in [-0.25, -0.2) is 26.7 Å². The van der Waals surface area contributed by atoms with Crippen LogP contribution in [0, 0.1) is 77.1 Å². The number of carboxylic acid groups (broad SMARTS) is 1. The van der Waals surface area contributed by atoms with E-state index >= 15 is 0 Å². The number of aromatic carboxylic acids is 1. The summed E-state index contributed by atoms with van der Waals surface area (Å²) in [6.07, 6.45) is 0. The standard InChI is InChI=1S/C20H13BrFIN2O3.C20H15BrFIN2O.C20H14BrFN2O.C14H10BrFN2O3.C7H4BrNO4.C6H5FIN/c21-14-6-9-18(25(27)28)16(10-14)20(26)24(12-13-4-2-1-3-5-13)19-11-15(22)7-8-17(19)23;21-14-6-9-18(24)16(10-14)20(26)25(12-13-4-2-1-3-5-13)19-11-15(22)7-8-17(19)23;21-14-6-8-17-16(10-14)20(25)24(12-13-4-2-1-3-5-13)19-11-15(22)7-9-18(19)23-17;1-8-2-4-10(16)7-12(8)17-14(19)11-6-9(15)3-5-13(11)18(20)21;8-4-1-2-6(9(12)13)5(3-4)7(10)11;7-4-1-2-5(8)6(9)3-4/h1-11H,12H2;1-11H,12,24H2;1-11,23H,12H2;2-7H,1H3,(H,17,19);1-3H,(H,10,11);1-3H,9H2. The number of anilines is 8. The molecule has 622 valence electrons. The lowest BCUT2D eigenvalue weighted by Gasteiger charge is -2.25. The van der Waals surface area contributed by atoms with E-state index in [1.54, 1.807) is 65.3 Å². The smallest absolute Gasteiger partial charge is 0.342 e. The molecular formula is C87H61Br5F5I3N10O12. The van der Waals surface area contributed by atoms with E-state index < -0.39 is 55.7 Å². The van der Waals surface area contributed by atoms with E-state index in [9.17, 15) is 76.3 Å². The number of carbonyl (C=O) groups excluding carboxylic acids is 4. The fraction of sp³-hybridized carbons (Fsp3) is 0.0460. The Morgan fingerprint density at radius 3 is 1.32 bits per heavy atom. The van der Waals surface area contributed by atoms with Crippen LogP contribution < -0.4 is 36.8 Å². The second kappa shape index (κ2) is 44.7. The molecule has 0 aliphatic carbocycles. The molecule has 1 aliphatic rings. The normalized spacial score (nSPS) is 10.8. The van der Waals surface area contributed by atoms with E-state index in [0.29, 0.717) is 86.6 Å². The van der Waals surface area contributed by atoms with Crippen LogP contribution in [0.1, 0.15) is 74.0 Å². The number of nitro groups is 3. The molecule has 0 saturated heterocycles. The van der Waals surface area contributed by atoms with Gasteiger partial charge >= 0.3 is 5.97 Å². The number of nitrogens with zero attached hydrogens (tertiary/aromatic N) is 6. The lowest BCUT2D eigenvalue weighted by Crippen LogP contribution is -2.31. The van der Waals surface area contributed by atoms with Gasteiger partial charge in [-0.1, -0.05) is 177 Å². The Morgan fingerprint density at radius 1 is 0.443 bits per heavy atom. The van der Waals surface area contributed by atoms with Gasteiger partial charge < -0.3 is 41.9 Å². The molecule has 0 fully saturated rings. The number of halogens is 13. The van der Waals surface area contributed by atoms with Crippen molar-refractivity contribution in [1.29, 1.82) is 0 Å². The van der Waals surface area contributed by atoms with Gasteiger partial charge in [0.1, 0.15) is 45.8 Å². The molecule has 35 heteroatoms. The van der Waals surface area contributed by atoms with Crippen LogP contribution >= 0.6 is 147 Å². The molecule has 0 aromatic heterocycles. The van der Waals surface area contributed by atoms with E-state index in [0.717, 1.165) is 44.9 Å². The summed E-state index contributed by atoms with van der Waals surface area (Å²) in [4.78, 5) is 97.9. The molecule has 0 bridgehead atoms. The number of nitro benzene ring substituents is 3. The van der Waals surface area contributed by atoms with Crippen molar-refractivity contribution in [2.75, 3.05) is 36.8 Å². The van der Waals surface area contributed by atoms with Crippen LogP contribution in [-0.4, -0.2) is 49.5 Å². The zero-order chi connectivity index (χ0) is 88.8.